The number of rotatable bonds is 5. The van der Waals surface area contributed by atoms with Crippen molar-refractivity contribution in [3.63, 3.8) is 0 Å². The minimum Gasteiger partial charge on any atom is -0.478 e. The number of hydrogen-bond donors (Lipinski definition) is 2. The van der Waals surface area contributed by atoms with Crippen LogP contribution in [-0.2, 0) is 11.3 Å². The van der Waals surface area contributed by atoms with Gasteiger partial charge in [-0.05, 0) is 62.9 Å². The van der Waals surface area contributed by atoms with Gasteiger partial charge in [0.1, 0.15) is 5.03 Å². The van der Waals surface area contributed by atoms with Crippen molar-refractivity contribution in [2.45, 2.75) is 42.7 Å². The molecule has 7 heteroatoms. The van der Waals surface area contributed by atoms with Crippen molar-refractivity contribution in [2.75, 3.05) is 18.4 Å². The maximum absolute atomic E-state index is 10.9. The number of carboxylic acids is 1. The number of aromatic nitrogens is 2. The number of allylic oxidation sites excluding steroid dienone is 1. The predicted molar refractivity (Wildman–Crippen MR) is 110 cm³/mol. The Kier molecular flexibility index (Phi) is 5.64. The summed E-state index contributed by atoms with van der Waals surface area (Å²) in [6.07, 6.45) is 8.40. The molecule has 2 aliphatic rings. The second-order valence-corrected chi connectivity index (χ2v) is 8.45. The summed E-state index contributed by atoms with van der Waals surface area (Å²) >= 11 is 1.65. The molecular weight excluding hydrogens is 372 g/mol. The molecule has 146 valence electrons. The number of fused-ring (bicyclic) bond motifs is 2. The Morgan fingerprint density at radius 3 is 2.89 bits per heavy atom. The normalized spacial score (nSPS) is 17.5. The van der Waals surface area contributed by atoms with E-state index in [0.29, 0.717) is 11.5 Å². The maximum atomic E-state index is 10.9. The zero-order valence-electron chi connectivity index (χ0n) is 15.9. The predicted octanol–water partition coefficient (Wildman–Crippen LogP) is 4.32. The van der Waals surface area contributed by atoms with Gasteiger partial charge in [0.25, 0.3) is 0 Å². The van der Waals surface area contributed by atoms with Gasteiger partial charge in [-0.1, -0.05) is 23.9 Å². The molecule has 2 aromatic rings. The molecule has 0 radical (unpaired) electrons. The van der Waals surface area contributed by atoms with E-state index in [1.165, 1.54) is 10.5 Å². The first-order valence-electron chi connectivity index (χ1n) is 9.59. The number of carbonyl (C=O) groups is 1. The van der Waals surface area contributed by atoms with Gasteiger partial charge in [0, 0.05) is 29.4 Å². The fraction of sp³-hybridized carbons (Fsp3) is 0.381. The molecule has 0 bridgehead atoms. The number of nitrogens with one attached hydrogen (secondary N) is 1. The molecule has 3 heterocycles. The molecular formula is C21H24N4O2S. The van der Waals surface area contributed by atoms with Crippen LogP contribution in [0.5, 0.6) is 0 Å². The van der Waals surface area contributed by atoms with Crippen molar-refractivity contribution in [1.29, 1.82) is 0 Å². The van der Waals surface area contributed by atoms with Gasteiger partial charge in [0.2, 0.25) is 0 Å². The van der Waals surface area contributed by atoms with Gasteiger partial charge in [0.15, 0.2) is 5.82 Å². The summed E-state index contributed by atoms with van der Waals surface area (Å²) in [5.41, 5.74) is 2.84. The Bertz CT molecular complexity index is 907. The summed E-state index contributed by atoms with van der Waals surface area (Å²) < 4.78 is 0. The van der Waals surface area contributed by atoms with Crippen LogP contribution in [0, 0.1) is 5.92 Å². The van der Waals surface area contributed by atoms with Crippen LogP contribution in [0.15, 0.2) is 52.2 Å². The molecule has 0 spiro atoms. The minimum absolute atomic E-state index is 0.452. The van der Waals surface area contributed by atoms with Crippen LogP contribution in [0.2, 0.25) is 0 Å². The van der Waals surface area contributed by atoms with Crippen molar-refractivity contribution in [3.05, 3.63) is 47.8 Å². The van der Waals surface area contributed by atoms with Gasteiger partial charge in [-0.2, -0.15) is 0 Å². The van der Waals surface area contributed by atoms with Crippen LogP contribution in [0.4, 0.5) is 11.5 Å². The van der Waals surface area contributed by atoms with Crippen molar-refractivity contribution >= 4 is 29.2 Å². The average Bonchev–Trinajstić information content (AvgIpc) is 2.71. The van der Waals surface area contributed by atoms with Crippen LogP contribution in [0.25, 0.3) is 0 Å². The standard InChI is InChI=1S/C21H24N4O2S/c1-14(21(26)27)2-3-15-6-10-25(11-7-15)13-16-4-5-18-17(12-16)24-19-20(28-18)23-9-8-22-19/h2,4-5,8-9,12,15H,3,6-7,10-11,13H2,1H3,(H,22,24)(H,26,27)/b14-2-. The zero-order valence-corrected chi connectivity index (χ0v) is 16.7. The number of benzene rings is 1. The minimum atomic E-state index is -0.815. The number of piperidine rings is 1. The number of aliphatic carboxylic acids is 1. The van der Waals surface area contributed by atoms with Gasteiger partial charge in [0.05, 0.1) is 5.69 Å². The van der Waals surface area contributed by atoms with Gasteiger partial charge >= 0.3 is 5.97 Å². The third-order valence-corrected chi connectivity index (χ3v) is 6.44. The van der Waals surface area contributed by atoms with Crippen molar-refractivity contribution in [3.8, 4) is 0 Å². The molecule has 1 saturated heterocycles. The molecule has 1 aromatic carbocycles. The van der Waals surface area contributed by atoms with Gasteiger partial charge in [-0.15, -0.1) is 0 Å². The lowest BCUT2D eigenvalue weighted by atomic mass is 9.92. The summed E-state index contributed by atoms with van der Waals surface area (Å²) in [6.45, 7) is 4.71. The van der Waals surface area contributed by atoms with Gasteiger partial charge in [-0.3, -0.25) is 4.90 Å². The maximum Gasteiger partial charge on any atom is 0.330 e. The zero-order chi connectivity index (χ0) is 19.5. The lowest BCUT2D eigenvalue weighted by Crippen LogP contribution is -2.33. The third-order valence-electron chi connectivity index (χ3n) is 5.38. The van der Waals surface area contributed by atoms with E-state index in [1.807, 2.05) is 6.08 Å². The highest BCUT2D eigenvalue weighted by Crippen LogP contribution is 2.42. The van der Waals surface area contributed by atoms with Crippen molar-refractivity contribution in [1.82, 2.24) is 14.9 Å². The highest BCUT2D eigenvalue weighted by atomic mass is 32.2. The average molecular weight is 397 g/mol. The molecule has 0 atom stereocenters. The number of nitrogens with zero attached hydrogens (tertiary/aromatic N) is 3. The number of anilines is 2. The van der Waals surface area contributed by atoms with E-state index < -0.39 is 5.97 Å². The van der Waals surface area contributed by atoms with Gasteiger partial charge < -0.3 is 10.4 Å². The molecule has 0 unspecified atom stereocenters. The lowest BCUT2D eigenvalue weighted by molar-refractivity contribution is -0.132. The van der Waals surface area contributed by atoms with E-state index in [1.54, 1.807) is 31.1 Å². The van der Waals surface area contributed by atoms with Crippen LogP contribution in [-0.4, -0.2) is 39.0 Å². The fourth-order valence-corrected chi connectivity index (χ4v) is 4.53. The second kappa shape index (κ2) is 8.32. The highest BCUT2D eigenvalue weighted by molar-refractivity contribution is 7.99. The van der Waals surface area contributed by atoms with Crippen LogP contribution >= 0.6 is 11.8 Å². The Balaban J connectivity index is 1.33. The highest BCUT2D eigenvalue weighted by Gasteiger charge is 2.21. The quantitative estimate of drug-likeness (QED) is 0.622. The van der Waals surface area contributed by atoms with E-state index in [-0.39, 0.29) is 0 Å². The molecule has 0 amide bonds. The molecule has 0 saturated carbocycles. The molecule has 1 fully saturated rings. The number of likely N-dealkylation sites (tertiary alicyclic amines) is 1. The summed E-state index contributed by atoms with van der Waals surface area (Å²) in [4.78, 5) is 23.3. The molecule has 6 nitrogen and oxygen atoms in total. The van der Waals surface area contributed by atoms with Crippen LogP contribution in [0.3, 0.4) is 0 Å². The Morgan fingerprint density at radius 2 is 2.11 bits per heavy atom. The van der Waals surface area contributed by atoms with E-state index in [2.05, 4.69) is 38.4 Å². The molecule has 0 aliphatic carbocycles. The van der Waals surface area contributed by atoms with E-state index >= 15 is 0 Å². The Morgan fingerprint density at radius 1 is 1.32 bits per heavy atom. The van der Waals surface area contributed by atoms with E-state index in [9.17, 15) is 4.79 Å². The summed E-state index contributed by atoms with van der Waals surface area (Å²) in [6, 6.07) is 6.57. The molecule has 2 aliphatic heterocycles. The Hall–Kier alpha value is -2.38. The first-order chi connectivity index (χ1) is 13.6. The summed E-state index contributed by atoms with van der Waals surface area (Å²) in [5.74, 6) is 0.593. The molecule has 1 aromatic heterocycles. The number of hydrogen-bond acceptors (Lipinski definition) is 6. The number of carboxylic acid groups (broad SMARTS) is 1. The topological polar surface area (TPSA) is 78.3 Å². The first kappa shape index (κ1) is 19.0. The Labute approximate surface area is 169 Å². The smallest absolute Gasteiger partial charge is 0.330 e. The lowest BCUT2D eigenvalue weighted by Gasteiger charge is -2.32. The van der Waals surface area contributed by atoms with Crippen LogP contribution < -0.4 is 5.32 Å². The molecule has 4 rings (SSSR count). The monoisotopic (exact) mass is 396 g/mol. The first-order valence-corrected chi connectivity index (χ1v) is 10.4. The third kappa shape index (κ3) is 4.36. The summed E-state index contributed by atoms with van der Waals surface area (Å²) in [5, 5.41) is 13.3. The largest absolute Gasteiger partial charge is 0.478 e. The van der Waals surface area contributed by atoms with Crippen molar-refractivity contribution < 1.29 is 9.90 Å². The summed E-state index contributed by atoms with van der Waals surface area (Å²) in [7, 11) is 0. The van der Waals surface area contributed by atoms with E-state index in [0.717, 1.165) is 55.4 Å². The molecule has 28 heavy (non-hydrogen) atoms. The van der Waals surface area contributed by atoms with Gasteiger partial charge in [-0.25, -0.2) is 14.8 Å². The van der Waals surface area contributed by atoms with E-state index in [4.69, 9.17) is 5.11 Å². The van der Waals surface area contributed by atoms with Crippen molar-refractivity contribution in [2.24, 2.45) is 5.92 Å². The SMILES string of the molecule is C/C(=C/CC1CCN(Cc2ccc3c(c2)Nc2nccnc2S3)CC1)C(=O)O. The second-order valence-electron chi connectivity index (χ2n) is 7.42. The fourth-order valence-electron chi connectivity index (χ4n) is 3.65. The van der Waals surface area contributed by atoms with Crippen LogP contribution in [0.1, 0.15) is 31.7 Å². The molecule has 2 N–H and O–H groups in total.